The summed E-state index contributed by atoms with van der Waals surface area (Å²) >= 11 is 11.9. The Hall–Kier alpha value is -1.97. The van der Waals surface area contributed by atoms with Crippen LogP contribution in [0.5, 0.6) is 5.75 Å². The molecular formula is C19H19Cl2NO2. The minimum absolute atomic E-state index is 0.152. The van der Waals surface area contributed by atoms with Crippen molar-refractivity contribution in [2.24, 2.45) is 0 Å². The Labute approximate surface area is 152 Å². The van der Waals surface area contributed by atoms with Gasteiger partial charge in [-0.3, -0.25) is 4.79 Å². The molecule has 0 aliphatic carbocycles. The molecular weight excluding hydrogens is 345 g/mol. The Balaban J connectivity index is 1.78. The van der Waals surface area contributed by atoms with Crippen LogP contribution in [0.3, 0.4) is 0 Å². The summed E-state index contributed by atoms with van der Waals surface area (Å²) in [5.74, 6) is 0.724. The second-order valence-corrected chi connectivity index (χ2v) is 6.05. The van der Waals surface area contributed by atoms with Crippen molar-refractivity contribution in [1.29, 1.82) is 0 Å². The third-order valence-electron chi connectivity index (χ3n) is 3.49. The maximum atomic E-state index is 11.8. The van der Waals surface area contributed by atoms with Crippen molar-refractivity contribution < 1.29 is 9.53 Å². The Kier molecular flexibility index (Phi) is 7.16. The van der Waals surface area contributed by atoms with Crippen LogP contribution in [-0.4, -0.2) is 19.6 Å². The van der Waals surface area contributed by atoms with E-state index in [0.717, 1.165) is 29.7 Å². The summed E-state index contributed by atoms with van der Waals surface area (Å²) in [6.07, 6.45) is 4.82. The number of ether oxygens (including phenoxy) is 1. The number of carbonyl (C=O) groups is 1. The number of aryl methyl sites for hydroxylation is 1. The van der Waals surface area contributed by atoms with Crippen LogP contribution in [0.25, 0.3) is 6.08 Å². The molecule has 0 saturated carbocycles. The van der Waals surface area contributed by atoms with Crippen molar-refractivity contribution in [1.82, 2.24) is 5.32 Å². The van der Waals surface area contributed by atoms with E-state index in [1.54, 1.807) is 31.4 Å². The van der Waals surface area contributed by atoms with E-state index in [1.165, 1.54) is 6.08 Å². The molecule has 0 aliphatic heterocycles. The minimum Gasteiger partial charge on any atom is -0.496 e. The highest BCUT2D eigenvalue weighted by Crippen LogP contribution is 2.22. The monoisotopic (exact) mass is 363 g/mol. The summed E-state index contributed by atoms with van der Waals surface area (Å²) in [6, 6.07) is 13.0. The number of rotatable bonds is 7. The zero-order valence-electron chi connectivity index (χ0n) is 13.4. The number of methoxy groups -OCH3 is 1. The summed E-state index contributed by atoms with van der Waals surface area (Å²) < 4.78 is 5.31. The number of hydrogen-bond acceptors (Lipinski definition) is 2. The van der Waals surface area contributed by atoms with Crippen molar-refractivity contribution >= 4 is 35.2 Å². The van der Waals surface area contributed by atoms with E-state index < -0.39 is 0 Å². The van der Waals surface area contributed by atoms with E-state index in [0.29, 0.717) is 16.6 Å². The van der Waals surface area contributed by atoms with E-state index in [4.69, 9.17) is 27.9 Å². The van der Waals surface area contributed by atoms with Gasteiger partial charge in [0.15, 0.2) is 0 Å². The number of amides is 1. The van der Waals surface area contributed by atoms with E-state index >= 15 is 0 Å². The fourth-order valence-corrected chi connectivity index (χ4v) is 2.73. The number of halogens is 2. The van der Waals surface area contributed by atoms with Crippen LogP contribution in [0.15, 0.2) is 48.5 Å². The third kappa shape index (κ3) is 5.59. The second-order valence-electron chi connectivity index (χ2n) is 5.21. The average Bonchev–Trinajstić information content (AvgIpc) is 2.58. The second kappa shape index (κ2) is 9.36. The molecule has 0 aromatic heterocycles. The molecule has 126 valence electrons. The molecule has 5 heteroatoms. The quantitative estimate of drug-likeness (QED) is 0.568. The van der Waals surface area contributed by atoms with Gasteiger partial charge in [-0.2, -0.15) is 0 Å². The smallest absolute Gasteiger partial charge is 0.244 e. The third-order valence-corrected chi connectivity index (χ3v) is 4.05. The van der Waals surface area contributed by atoms with E-state index in [2.05, 4.69) is 5.32 Å². The Morgan fingerprint density at radius 1 is 1.21 bits per heavy atom. The zero-order chi connectivity index (χ0) is 17.4. The molecule has 2 rings (SSSR count). The molecule has 1 N–H and O–H groups in total. The molecule has 0 fully saturated rings. The van der Waals surface area contributed by atoms with Gasteiger partial charge in [0.2, 0.25) is 5.91 Å². The SMILES string of the molecule is COc1ccccc1CCCNC(=O)/C=C/c1ccc(Cl)cc1Cl. The topological polar surface area (TPSA) is 38.3 Å². The first-order valence-corrected chi connectivity index (χ1v) is 8.38. The molecule has 3 nitrogen and oxygen atoms in total. The molecule has 0 bridgehead atoms. The summed E-state index contributed by atoms with van der Waals surface area (Å²) in [5.41, 5.74) is 1.89. The van der Waals surface area contributed by atoms with E-state index in [1.807, 2.05) is 24.3 Å². The van der Waals surface area contributed by atoms with Crippen molar-refractivity contribution in [3.05, 3.63) is 69.7 Å². The standard InChI is InChI=1S/C19H19Cl2NO2/c1-24-18-7-3-2-5-15(18)6-4-12-22-19(23)11-9-14-8-10-16(20)13-17(14)21/h2-3,5,7-11,13H,4,6,12H2,1H3,(H,22,23)/b11-9+. The van der Waals surface area contributed by atoms with Crippen LogP contribution in [0, 0.1) is 0 Å². The van der Waals surface area contributed by atoms with Gasteiger partial charge in [-0.15, -0.1) is 0 Å². The van der Waals surface area contributed by atoms with Gasteiger partial charge in [0.05, 0.1) is 7.11 Å². The lowest BCUT2D eigenvalue weighted by molar-refractivity contribution is -0.116. The van der Waals surface area contributed by atoms with Crippen LogP contribution in [-0.2, 0) is 11.2 Å². The molecule has 2 aromatic rings. The zero-order valence-corrected chi connectivity index (χ0v) is 14.9. The summed E-state index contributed by atoms with van der Waals surface area (Å²) in [7, 11) is 1.66. The molecule has 0 heterocycles. The fraction of sp³-hybridized carbons (Fsp3) is 0.211. The van der Waals surface area contributed by atoms with Gasteiger partial charge in [-0.05, 0) is 48.2 Å². The summed E-state index contributed by atoms with van der Waals surface area (Å²) in [4.78, 5) is 11.8. The normalized spacial score (nSPS) is 10.8. The lowest BCUT2D eigenvalue weighted by atomic mass is 10.1. The Morgan fingerprint density at radius 3 is 2.75 bits per heavy atom. The largest absolute Gasteiger partial charge is 0.496 e. The number of benzene rings is 2. The van der Waals surface area contributed by atoms with Crippen molar-refractivity contribution in [3.8, 4) is 5.75 Å². The van der Waals surface area contributed by atoms with Crippen molar-refractivity contribution in [3.63, 3.8) is 0 Å². The minimum atomic E-state index is -0.152. The first kappa shape index (κ1) is 18.4. The van der Waals surface area contributed by atoms with Gasteiger partial charge in [0.25, 0.3) is 0 Å². The number of carbonyl (C=O) groups excluding carboxylic acids is 1. The summed E-state index contributed by atoms with van der Waals surface area (Å²) in [5, 5.41) is 3.94. The highest BCUT2D eigenvalue weighted by atomic mass is 35.5. The lowest BCUT2D eigenvalue weighted by Crippen LogP contribution is -2.22. The lowest BCUT2D eigenvalue weighted by Gasteiger charge is -2.08. The van der Waals surface area contributed by atoms with Crippen LogP contribution >= 0.6 is 23.2 Å². The number of hydrogen-bond donors (Lipinski definition) is 1. The number of para-hydroxylation sites is 1. The maximum absolute atomic E-state index is 11.8. The average molecular weight is 364 g/mol. The van der Waals surface area contributed by atoms with E-state index in [9.17, 15) is 4.79 Å². The first-order valence-electron chi connectivity index (χ1n) is 7.63. The molecule has 0 atom stereocenters. The van der Waals surface area contributed by atoms with Gasteiger partial charge >= 0.3 is 0 Å². The molecule has 0 spiro atoms. The van der Waals surface area contributed by atoms with Crippen molar-refractivity contribution in [2.75, 3.05) is 13.7 Å². The van der Waals surface area contributed by atoms with Gasteiger partial charge in [0, 0.05) is 22.7 Å². The predicted molar refractivity (Wildman–Crippen MR) is 99.8 cm³/mol. The first-order chi connectivity index (χ1) is 11.6. The molecule has 0 aliphatic rings. The van der Waals surface area contributed by atoms with Gasteiger partial charge in [-0.1, -0.05) is 47.5 Å². The molecule has 2 aromatic carbocycles. The van der Waals surface area contributed by atoms with Crippen LogP contribution < -0.4 is 10.1 Å². The highest BCUT2D eigenvalue weighted by molar-refractivity contribution is 6.35. The molecule has 1 amide bonds. The van der Waals surface area contributed by atoms with Gasteiger partial charge in [0.1, 0.15) is 5.75 Å². The van der Waals surface area contributed by atoms with Crippen molar-refractivity contribution in [2.45, 2.75) is 12.8 Å². The van der Waals surface area contributed by atoms with E-state index in [-0.39, 0.29) is 5.91 Å². The van der Waals surface area contributed by atoms with Crippen LogP contribution in [0.1, 0.15) is 17.5 Å². The predicted octanol–water partition coefficient (Wildman–Crippen LogP) is 4.76. The van der Waals surface area contributed by atoms with Crippen LogP contribution in [0.2, 0.25) is 10.0 Å². The highest BCUT2D eigenvalue weighted by Gasteiger charge is 2.02. The molecule has 0 unspecified atom stereocenters. The maximum Gasteiger partial charge on any atom is 0.244 e. The van der Waals surface area contributed by atoms with Gasteiger partial charge in [-0.25, -0.2) is 0 Å². The molecule has 0 saturated heterocycles. The number of nitrogens with one attached hydrogen (secondary N) is 1. The van der Waals surface area contributed by atoms with Gasteiger partial charge < -0.3 is 10.1 Å². The van der Waals surface area contributed by atoms with Crippen LogP contribution in [0.4, 0.5) is 0 Å². The Morgan fingerprint density at radius 2 is 2.00 bits per heavy atom. The molecule has 24 heavy (non-hydrogen) atoms. The fourth-order valence-electron chi connectivity index (χ4n) is 2.26. The Bertz CT molecular complexity index is 729. The molecule has 0 radical (unpaired) electrons. The summed E-state index contributed by atoms with van der Waals surface area (Å²) in [6.45, 7) is 0.593.